The molecule has 0 bridgehead atoms. The molecule has 0 aliphatic heterocycles. The third-order valence-corrected chi connectivity index (χ3v) is 4.01. The average Bonchev–Trinajstić information content (AvgIpc) is 2.58. The van der Waals surface area contributed by atoms with Gasteiger partial charge in [-0.25, -0.2) is 4.98 Å². The lowest BCUT2D eigenvalue weighted by Crippen LogP contribution is -2.27. The number of nitrogens with one attached hydrogen (secondary N) is 1. The molecule has 0 saturated heterocycles. The van der Waals surface area contributed by atoms with Gasteiger partial charge < -0.3 is 10.4 Å². The van der Waals surface area contributed by atoms with E-state index >= 15 is 0 Å². The molecule has 2 rings (SSSR count). The van der Waals surface area contributed by atoms with Crippen LogP contribution in [-0.2, 0) is 6.18 Å². The largest absolute Gasteiger partial charge is 0.416 e. The molecule has 0 spiro atoms. The topological polar surface area (TPSA) is 88.3 Å². The second-order valence-electron chi connectivity index (χ2n) is 5.84. The van der Waals surface area contributed by atoms with E-state index in [1.54, 1.807) is 13.8 Å². The summed E-state index contributed by atoms with van der Waals surface area (Å²) < 4.78 is 37.9. The van der Waals surface area contributed by atoms with E-state index in [-0.39, 0.29) is 5.69 Å². The Morgan fingerprint density at radius 2 is 1.92 bits per heavy atom. The Kier molecular flexibility index (Phi) is 5.81. The number of hydrogen-bond donors (Lipinski definition) is 2. The van der Waals surface area contributed by atoms with Crippen LogP contribution < -0.4 is 5.32 Å². The number of alkyl halides is 3. The van der Waals surface area contributed by atoms with Crippen LogP contribution >= 0.6 is 0 Å². The Labute approximate surface area is 147 Å². The van der Waals surface area contributed by atoms with Crippen molar-refractivity contribution in [3.8, 4) is 0 Å². The predicted molar refractivity (Wildman–Crippen MR) is 89.7 cm³/mol. The van der Waals surface area contributed by atoms with Gasteiger partial charge in [-0.15, -0.1) is 0 Å². The number of nitro groups is 1. The van der Waals surface area contributed by atoms with Gasteiger partial charge >= 0.3 is 6.18 Å². The summed E-state index contributed by atoms with van der Waals surface area (Å²) in [6.07, 6.45) is -3.93. The first-order valence-corrected chi connectivity index (χ1v) is 7.86. The van der Waals surface area contributed by atoms with Crippen LogP contribution in [-0.4, -0.2) is 21.1 Å². The summed E-state index contributed by atoms with van der Waals surface area (Å²) in [5.74, 6) is 0.339. The van der Waals surface area contributed by atoms with Crippen LogP contribution in [0.5, 0.6) is 0 Å². The van der Waals surface area contributed by atoms with E-state index in [2.05, 4.69) is 10.3 Å². The molecule has 0 radical (unpaired) electrons. The van der Waals surface area contributed by atoms with Crippen molar-refractivity contribution in [1.82, 2.24) is 4.98 Å². The van der Waals surface area contributed by atoms with Crippen LogP contribution in [0.4, 0.5) is 24.7 Å². The fourth-order valence-corrected chi connectivity index (χ4v) is 2.51. The third-order valence-electron chi connectivity index (χ3n) is 4.01. The van der Waals surface area contributed by atoms with E-state index in [0.29, 0.717) is 23.4 Å². The highest BCUT2D eigenvalue weighted by Gasteiger charge is 2.30. The molecule has 9 heteroatoms. The molecule has 6 nitrogen and oxygen atoms in total. The minimum atomic E-state index is -4.44. The Bertz CT molecular complexity index is 779. The van der Waals surface area contributed by atoms with Crippen LogP contribution in [0, 0.1) is 17.0 Å². The zero-order valence-corrected chi connectivity index (χ0v) is 14.1. The fourth-order valence-electron chi connectivity index (χ4n) is 2.51. The Morgan fingerprint density at radius 1 is 1.31 bits per heavy atom. The van der Waals surface area contributed by atoms with Crippen molar-refractivity contribution < 1.29 is 23.2 Å². The van der Waals surface area contributed by atoms with Gasteiger partial charge in [-0.2, -0.15) is 13.2 Å². The highest BCUT2D eigenvalue weighted by Crippen LogP contribution is 2.31. The maximum atomic E-state index is 12.6. The Morgan fingerprint density at radius 3 is 2.38 bits per heavy atom. The van der Waals surface area contributed by atoms with Crippen LogP contribution in [0.1, 0.15) is 36.1 Å². The summed E-state index contributed by atoms with van der Waals surface area (Å²) in [6.45, 7) is 3.36. The Balaban J connectivity index is 2.17. The van der Waals surface area contributed by atoms with Crippen molar-refractivity contribution in [3.63, 3.8) is 0 Å². The molecule has 2 N–H and O–H groups in total. The second-order valence-corrected chi connectivity index (χ2v) is 5.84. The molecule has 0 aliphatic carbocycles. The van der Waals surface area contributed by atoms with Gasteiger partial charge in [0, 0.05) is 5.56 Å². The monoisotopic (exact) mass is 369 g/mol. The zero-order chi connectivity index (χ0) is 19.5. The summed E-state index contributed by atoms with van der Waals surface area (Å²) in [5, 5.41) is 24.3. The number of rotatable bonds is 6. The summed E-state index contributed by atoms with van der Waals surface area (Å²) >= 11 is 0. The van der Waals surface area contributed by atoms with Crippen molar-refractivity contribution in [2.24, 2.45) is 0 Å². The fraction of sp³-hybridized carbons (Fsp3) is 0.353. The third kappa shape index (κ3) is 4.48. The maximum absolute atomic E-state index is 12.6. The molecule has 0 saturated carbocycles. The van der Waals surface area contributed by atoms with Crippen LogP contribution in [0.3, 0.4) is 0 Å². The highest BCUT2D eigenvalue weighted by molar-refractivity contribution is 5.47. The summed E-state index contributed by atoms with van der Waals surface area (Å²) in [4.78, 5) is 14.2. The number of aromatic nitrogens is 1. The minimum absolute atomic E-state index is 0.119. The van der Waals surface area contributed by atoms with Gasteiger partial charge in [0.05, 0.1) is 22.6 Å². The van der Waals surface area contributed by atoms with Crippen LogP contribution in [0.25, 0.3) is 0 Å². The van der Waals surface area contributed by atoms with Gasteiger partial charge in [0.15, 0.2) is 0 Å². The number of anilines is 1. The van der Waals surface area contributed by atoms with Crippen LogP contribution in [0.2, 0.25) is 0 Å². The lowest BCUT2D eigenvalue weighted by Gasteiger charge is -2.24. The van der Waals surface area contributed by atoms with E-state index in [0.717, 1.165) is 18.3 Å². The van der Waals surface area contributed by atoms with E-state index in [1.165, 1.54) is 18.2 Å². The van der Waals surface area contributed by atoms with Gasteiger partial charge in [-0.1, -0.05) is 19.1 Å². The number of aliphatic hydroxyl groups is 1. The van der Waals surface area contributed by atoms with E-state index < -0.39 is 28.8 Å². The van der Waals surface area contributed by atoms with Gasteiger partial charge in [0.25, 0.3) is 5.69 Å². The van der Waals surface area contributed by atoms with E-state index in [4.69, 9.17) is 0 Å². The summed E-state index contributed by atoms with van der Waals surface area (Å²) in [6, 6.07) is 5.25. The molecule has 0 amide bonds. The van der Waals surface area contributed by atoms with Crippen molar-refractivity contribution in [3.05, 3.63) is 63.3 Å². The van der Waals surface area contributed by atoms with E-state index in [1.807, 2.05) is 0 Å². The number of aliphatic hydroxyl groups excluding tert-OH is 1. The standard InChI is InChI=1S/C17H18F3N3O3/c1-3-13(22-15-8-10(2)14(9-21-15)23(25)26)16(24)11-4-6-12(7-5-11)17(18,19)20/h4-9,13,16,24H,3H2,1-2H3,(H,21,22). The number of halogens is 3. The molecule has 2 atom stereocenters. The van der Waals surface area contributed by atoms with Crippen molar-refractivity contribution in [1.29, 1.82) is 0 Å². The summed E-state index contributed by atoms with van der Waals surface area (Å²) in [7, 11) is 0. The van der Waals surface area contributed by atoms with Gasteiger partial charge in [0.1, 0.15) is 12.0 Å². The lowest BCUT2D eigenvalue weighted by atomic mass is 9.99. The number of nitrogens with zero attached hydrogens (tertiary/aromatic N) is 2. The summed E-state index contributed by atoms with van der Waals surface area (Å²) in [5.41, 5.74) is -0.170. The molecule has 0 fully saturated rings. The zero-order valence-electron chi connectivity index (χ0n) is 14.1. The Hall–Kier alpha value is -2.68. The first kappa shape index (κ1) is 19.6. The minimum Gasteiger partial charge on any atom is -0.386 e. The maximum Gasteiger partial charge on any atom is 0.416 e. The predicted octanol–water partition coefficient (Wildman–Crippen LogP) is 4.24. The van der Waals surface area contributed by atoms with Crippen molar-refractivity contribution in [2.45, 2.75) is 38.6 Å². The molecule has 140 valence electrons. The molecule has 2 unspecified atom stereocenters. The van der Waals surface area contributed by atoms with E-state index in [9.17, 15) is 28.4 Å². The smallest absolute Gasteiger partial charge is 0.386 e. The first-order chi connectivity index (χ1) is 12.1. The van der Waals surface area contributed by atoms with Crippen molar-refractivity contribution >= 4 is 11.5 Å². The van der Waals surface area contributed by atoms with Gasteiger partial charge in [-0.3, -0.25) is 10.1 Å². The SMILES string of the molecule is CCC(Nc1cc(C)c([N+](=O)[O-])cn1)C(O)c1ccc(C(F)(F)F)cc1. The molecule has 1 heterocycles. The van der Waals surface area contributed by atoms with Gasteiger partial charge in [0.2, 0.25) is 0 Å². The average molecular weight is 369 g/mol. The molecule has 1 aromatic carbocycles. The van der Waals surface area contributed by atoms with Crippen molar-refractivity contribution in [2.75, 3.05) is 5.32 Å². The number of benzene rings is 1. The quantitative estimate of drug-likeness (QED) is 0.587. The molecule has 1 aromatic heterocycles. The first-order valence-electron chi connectivity index (χ1n) is 7.86. The lowest BCUT2D eigenvalue weighted by molar-refractivity contribution is -0.385. The van der Waals surface area contributed by atoms with Gasteiger partial charge in [-0.05, 0) is 37.1 Å². The molecule has 2 aromatic rings. The molecular formula is C17H18F3N3O3. The highest BCUT2D eigenvalue weighted by atomic mass is 19.4. The normalized spacial score (nSPS) is 13.9. The number of aryl methyl sites for hydroxylation is 1. The number of hydrogen-bond acceptors (Lipinski definition) is 5. The van der Waals surface area contributed by atoms with Crippen LogP contribution in [0.15, 0.2) is 36.5 Å². The second kappa shape index (κ2) is 7.69. The molecule has 26 heavy (non-hydrogen) atoms. The molecule has 0 aliphatic rings. The number of pyridine rings is 1. The molecular weight excluding hydrogens is 351 g/mol.